The highest BCUT2D eigenvalue weighted by molar-refractivity contribution is 9.10. The van der Waals surface area contributed by atoms with E-state index in [0.29, 0.717) is 10.2 Å². The van der Waals surface area contributed by atoms with Gasteiger partial charge in [-0.3, -0.25) is 0 Å². The van der Waals surface area contributed by atoms with E-state index in [4.69, 9.17) is 4.74 Å². The van der Waals surface area contributed by atoms with Gasteiger partial charge in [-0.1, -0.05) is 22.9 Å². The second kappa shape index (κ2) is 6.86. The van der Waals surface area contributed by atoms with Crippen molar-refractivity contribution in [2.24, 2.45) is 0 Å². The summed E-state index contributed by atoms with van der Waals surface area (Å²) in [5.74, 6) is 0.260. The first kappa shape index (κ1) is 13.5. The molecule has 0 bridgehead atoms. The summed E-state index contributed by atoms with van der Waals surface area (Å²) >= 11 is 3.23. The fourth-order valence-electron chi connectivity index (χ4n) is 1.35. The van der Waals surface area contributed by atoms with Crippen LogP contribution < -0.4 is 10.1 Å². The second-order valence-corrected chi connectivity index (χ2v) is 4.65. The lowest BCUT2D eigenvalue weighted by molar-refractivity contribution is 0.216. The minimum Gasteiger partial charge on any atom is -0.489 e. The van der Waals surface area contributed by atoms with Crippen LogP contribution in [0.15, 0.2) is 22.7 Å². The van der Waals surface area contributed by atoms with Gasteiger partial charge in [0.1, 0.15) is 17.7 Å². The van der Waals surface area contributed by atoms with Crippen LogP contribution in [0.3, 0.4) is 0 Å². The first-order valence-electron chi connectivity index (χ1n) is 5.45. The highest BCUT2D eigenvalue weighted by Crippen LogP contribution is 2.21. The van der Waals surface area contributed by atoms with Gasteiger partial charge in [0.05, 0.1) is 0 Å². The average Bonchev–Trinajstić information content (AvgIpc) is 2.16. The van der Waals surface area contributed by atoms with Crippen LogP contribution >= 0.6 is 15.9 Å². The lowest BCUT2D eigenvalue weighted by Gasteiger charge is -2.15. The number of hydrogen-bond acceptors (Lipinski definition) is 2. The first-order chi connectivity index (χ1) is 7.61. The van der Waals surface area contributed by atoms with Crippen molar-refractivity contribution in [2.75, 3.05) is 13.1 Å². The van der Waals surface area contributed by atoms with Crippen molar-refractivity contribution in [3.63, 3.8) is 0 Å². The summed E-state index contributed by atoms with van der Waals surface area (Å²) in [5, 5.41) is 3.25. The SMILES string of the molecule is CCCNCC(C)Oc1cc(F)cc(Br)c1. The third kappa shape index (κ3) is 4.94. The third-order valence-electron chi connectivity index (χ3n) is 2.03. The van der Waals surface area contributed by atoms with Gasteiger partial charge in [-0.15, -0.1) is 0 Å². The number of hydrogen-bond donors (Lipinski definition) is 1. The normalized spacial score (nSPS) is 12.5. The Bertz CT molecular complexity index is 313. The Kier molecular flexibility index (Phi) is 5.77. The smallest absolute Gasteiger partial charge is 0.128 e. The molecule has 0 radical (unpaired) electrons. The fraction of sp³-hybridized carbons (Fsp3) is 0.500. The maximum Gasteiger partial charge on any atom is 0.128 e. The predicted molar refractivity (Wildman–Crippen MR) is 67.4 cm³/mol. The predicted octanol–water partition coefficient (Wildman–Crippen LogP) is 3.36. The highest BCUT2D eigenvalue weighted by Gasteiger charge is 2.05. The van der Waals surface area contributed by atoms with Gasteiger partial charge in [0.15, 0.2) is 0 Å². The van der Waals surface area contributed by atoms with E-state index in [1.165, 1.54) is 12.1 Å². The van der Waals surface area contributed by atoms with Crippen molar-refractivity contribution in [1.82, 2.24) is 5.32 Å². The monoisotopic (exact) mass is 289 g/mol. The average molecular weight is 290 g/mol. The number of nitrogens with one attached hydrogen (secondary N) is 1. The molecule has 0 aliphatic carbocycles. The van der Waals surface area contributed by atoms with E-state index >= 15 is 0 Å². The van der Waals surface area contributed by atoms with Crippen LogP contribution in [-0.4, -0.2) is 19.2 Å². The van der Waals surface area contributed by atoms with E-state index in [-0.39, 0.29) is 11.9 Å². The molecule has 2 nitrogen and oxygen atoms in total. The van der Waals surface area contributed by atoms with E-state index in [2.05, 4.69) is 28.2 Å². The lowest BCUT2D eigenvalue weighted by atomic mass is 10.3. The molecule has 1 rings (SSSR count). The molecule has 0 aromatic heterocycles. The van der Waals surface area contributed by atoms with Crippen LogP contribution in [0.1, 0.15) is 20.3 Å². The Hall–Kier alpha value is -0.610. The standard InChI is InChI=1S/C12H17BrFNO/c1-3-4-15-8-9(2)16-12-6-10(13)5-11(14)7-12/h5-7,9,15H,3-4,8H2,1-2H3. The quantitative estimate of drug-likeness (QED) is 0.811. The molecule has 1 aromatic carbocycles. The van der Waals surface area contributed by atoms with Gasteiger partial charge in [0.25, 0.3) is 0 Å². The van der Waals surface area contributed by atoms with Crippen LogP contribution in [0.4, 0.5) is 4.39 Å². The van der Waals surface area contributed by atoms with E-state index in [1.807, 2.05) is 6.92 Å². The van der Waals surface area contributed by atoms with Crippen LogP contribution in [-0.2, 0) is 0 Å². The Labute approximate surface area is 104 Å². The van der Waals surface area contributed by atoms with Crippen molar-refractivity contribution in [2.45, 2.75) is 26.4 Å². The third-order valence-corrected chi connectivity index (χ3v) is 2.49. The zero-order chi connectivity index (χ0) is 12.0. The molecule has 0 amide bonds. The Morgan fingerprint density at radius 2 is 2.19 bits per heavy atom. The molecule has 90 valence electrons. The number of benzene rings is 1. The zero-order valence-electron chi connectivity index (χ0n) is 9.59. The maximum atomic E-state index is 13.1. The van der Waals surface area contributed by atoms with Crippen molar-refractivity contribution < 1.29 is 9.13 Å². The number of halogens is 2. The van der Waals surface area contributed by atoms with Crippen molar-refractivity contribution in [3.8, 4) is 5.75 Å². The van der Waals surface area contributed by atoms with Gasteiger partial charge < -0.3 is 10.1 Å². The summed E-state index contributed by atoms with van der Waals surface area (Å²) < 4.78 is 19.3. The molecule has 1 atom stereocenters. The molecule has 1 unspecified atom stereocenters. The van der Waals surface area contributed by atoms with Crippen LogP contribution in [0, 0.1) is 5.82 Å². The summed E-state index contributed by atoms with van der Waals surface area (Å²) in [6.45, 7) is 5.81. The van der Waals surface area contributed by atoms with Crippen LogP contribution in [0.2, 0.25) is 0 Å². The van der Waals surface area contributed by atoms with Gasteiger partial charge in [0, 0.05) is 17.1 Å². The highest BCUT2D eigenvalue weighted by atomic mass is 79.9. The molecular weight excluding hydrogens is 273 g/mol. The molecule has 0 aliphatic rings. The van der Waals surface area contributed by atoms with Gasteiger partial charge in [-0.2, -0.15) is 0 Å². The van der Waals surface area contributed by atoms with Crippen molar-refractivity contribution >= 4 is 15.9 Å². The molecule has 4 heteroatoms. The van der Waals surface area contributed by atoms with Gasteiger partial charge in [0.2, 0.25) is 0 Å². The Morgan fingerprint density at radius 1 is 1.44 bits per heavy atom. The van der Waals surface area contributed by atoms with E-state index in [0.717, 1.165) is 19.5 Å². The number of ether oxygens (including phenoxy) is 1. The van der Waals surface area contributed by atoms with E-state index in [1.54, 1.807) is 6.07 Å². The van der Waals surface area contributed by atoms with Crippen LogP contribution in [0.25, 0.3) is 0 Å². The molecule has 0 heterocycles. The van der Waals surface area contributed by atoms with Crippen molar-refractivity contribution in [3.05, 3.63) is 28.5 Å². The molecule has 16 heavy (non-hydrogen) atoms. The van der Waals surface area contributed by atoms with Gasteiger partial charge in [-0.05, 0) is 32.0 Å². The summed E-state index contributed by atoms with van der Waals surface area (Å²) in [6, 6.07) is 4.56. The minimum absolute atomic E-state index is 0.0280. The fourth-order valence-corrected chi connectivity index (χ4v) is 1.80. The molecule has 0 spiro atoms. The maximum absolute atomic E-state index is 13.1. The number of rotatable bonds is 6. The zero-order valence-corrected chi connectivity index (χ0v) is 11.2. The summed E-state index contributed by atoms with van der Waals surface area (Å²) in [7, 11) is 0. The Balaban J connectivity index is 2.45. The minimum atomic E-state index is -0.293. The topological polar surface area (TPSA) is 21.3 Å². The first-order valence-corrected chi connectivity index (χ1v) is 6.24. The van der Waals surface area contributed by atoms with Crippen molar-refractivity contribution in [1.29, 1.82) is 0 Å². The summed E-state index contributed by atoms with van der Waals surface area (Å²) in [5.41, 5.74) is 0. The lowest BCUT2D eigenvalue weighted by Crippen LogP contribution is -2.29. The second-order valence-electron chi connectivity index (χ2n) is 3.74. The van der Waals surface area contributed by atoms with E-state index in [9.17, 15) is 4.39 Å². The molecule has 1 aromatic rings. The summed E-state index contributed by atoms with van der Waals surface area (Å²) in [6.07, 6.45) is 1.12. The molecule has 0 saturated heterocycles. The molecular formula is C12H17BrFNO. The largest absolute Gasteiger partial charge is 0.489 e. The van der Waals surface area contributed by atoms with E-state index < -0.39 is 0 Å². The van der Waals surface area contributed by atoms with Crippen LogP contribution in [0.5, 0.6) is 5.75 Å². The van der Waals surface area contributed by atoms with Gasteiger partial charge >= 0.3 is 0 Å². The molecule has 1 N–H and O–H groups in total. The van der Waals surface area contributed by atoms with Gasteiger partial charge in [-0.25, -0.2) is 4.39 Å². The molecule has 0 fully saturated rings. The Morgan fingerprint density at radius 3 is 2.81 bits per heavy atom. The summed E-state index contributed by atoms with van der Waals surface area (Å²) in [4.78, 5) is 0. The molecule has 0 aliphatic heterocycles. The molecule has 0 saturated carbocycles.